The maximum absolute atomic E-state index is 12.5. The van der Waals surface area contributed by atoms with E-state index in [1.54, 1.807) is 17.3 Å². The fourth-order valence-corrected chi connectivity index (χ4v) is 3.02. The summed E-state index contributed by atoms with van der Waals surface area (Å²) in [6.07, 6.45) is 9.90. The summed E-state index contributed by atoms with van der Waals surface area (Å²) < 4.78 is 0. The predicted octanol–water partition coefficient (Wildman–Crippen LogP) is 1.26. The average Bonchev–Trinajstić information content (AvgIpc) is 2.48. The van der Waals surface area contributed by atoms with Crippen molar-refractivity contribution in [1.82, 2.24) is 20.2 Å². The molecule has 0 aliphatic carbocycles. The van der Waals surface area contributed by atoms with E-state index in [-0.39, 0.29) is 11.3 Å². The second-order valence-corrected chi connectivity index (χ2v) is 5.78. The summed E-state index contributed by atoms with van der Waals surface area (Å²) in [6.45, 7) is 1.87. The van der Waals surface area contributed by atoms with Gasteiger partial charge in [0, 0.05) is 32.7 Å². The SMILES string of the molecule is CN(C)C(=O)C1(CCCc2cnccn2)CCNCC1. The van der Waals surface area contributed by atoms with Crippen LogP contribution in [0.1, 0.15) is 31.4 Å². The van der Waals surface area contributed by atoms with Crippen molar-refractivity contribution in [2.75, 3.05) is 27.2 Å². The Labute approximate surface area is 120 Å². The molecular formula is C15H24N4O. The van der Waals surface area contributed by atoms with Crippen molar-refractivity contribution in [2.45, 2.75) is 32.1 Å². The molecule has 1 saturated heterocycles. The number of aromatic nitrogens is 2. The van der Waals surface area contributed by atoms with Crippen LogP contribution in [0.4, 0.5) is 0 Å². The van der Waals surface area contributed by atoms with Gasteiger partial charge in [-0.25, -0.2) is 0 Å². The fraction of sp³-hybridized carbons (Fsp3) is 0.667. The molecule has 0 spiro atoms. The van der Waals surface area contributed by atoms with Crippen LogP contribution in [-0.2, 0) is 11.2 Å². The summed E-state index contributed by atoms with van der Waals surface area (Å²) in [5.41, 5.74) is 0.825. The highest BCUT2D eigenvalue weighted by molar-refractivity contribution is 5.82. The first kappa shape index (κ1) is 14.9. The highest BCUT2D eigenvalue weighted by Crippen LogP contribution is 2.36. The number of carbonyl (C=O) groups excluding carboxylic acids is 1. The van der Waals surface area contributed by atoms with Crippen molar-refractivity contribution in [1.29, 1.82) is 0 Å². The molecule has 0 radical (unpaired) electrons. The van der Waals surface area contributed by atoms with Crippen LogP contribution in [0, 0.1) is 5.41 Å². The first-order valence-electron chi connectivity index (χ1n) is 7.31. The van der Waals surface area contributed by atoms with Crippen molar-refractivity contribution < 1.29 is 4.79 Å². The van der Waals surface area contributed by atoms with E-state index in [0.717, 1.165) is 50.9 Å². The molecule has 1 aromatic rings. The molecule has 0 atom stereocenters. The van der Waals surface area contributed by atoms with Crippen molar-refractivity contribution in [3.05, 3.63) is 24.3 Å². The lowest BCUT2D eigenvalue weighted by Crippen LogP contribution is -2.47. The number of nitrogens with one attached hydrogen (secondary N) is 1. The van der Waals surface area contributed by atoms with Gasteiger partial charge < -0.3 is 10.2 Å². The van der Waals surface area contributed by atoms with Gasteiger partial charge >= 0.3 is 0 Å². The molecule has 1 amide bonds. The normalized spacial score (nSPS) is 17.7. The number of rotatable bonds is 5. The van der Waals surface area contributed by atoms with Crippen LogP contribution in [0.3, 0.4) is 0 Å². The molecule has 2 rings (SSSR count). The molecule has 0 saturated carbocycles. The highest BCUT2D eigenvalue weighted by Gasteiger charge is 2.39. The number of hydrogen-bond donors (Lipinski definition) is 1. The number of hydrogen-bond acceptors (Lipinski definition) is 4. The molecule has 110 valence electrons. The fourth-order valence-electron chi connectivity index (χ4n) is 3.02. The van der Waals surface area contributed by atoms with Gasteiger partial charge in [0.2, 0.25) is 5.91 Å². The van der Waals surface area contributed by atoms with E-state index in [4.69, 9.17) is 0 Å². The van der Waals surface area contributed by atoms with Crippen LogP contribution in [0.25, 0.3) is 0 Å². The Morgan fingerprint density at radius 1 is 1.35 bits per heavy atom. The van der Waals surface area contributed by atoms with E-state index in [2.05, 4.69) is 15.3 Å². The third kappa shape index (κ3) is 3.54. The van der Waals surface area contributed by atoms with Gasteiger partial charge in [0.25, 0.3) is 0 Å². The van der Waals surface area contributed by atoms with E-state index >= 15 is 0 Å². The van der Waals surface area contributed by atoms with Crippen molar-refractivity contribution >= 4 is 5.91 Å². The van der Waals surface area contributed by atoms with Crippen LogP contribution in [0.5, 0.6) is 0 Å². The van der Waals surface area contributed by atoms with Gasteiger partial charge in [-0.05, 0) is 45.2 Å². The van der Waals surface area contributed by atoms with Gasteiger partial charge in [-0.1, -0.05) is 0 Å². The Hall–Kier alpha value is -1.49. The molecule has 1 aliphatic heterocycles. The Kier molecular flexibility index (Phi) is 5.06. The second kappa shape index (κ2) is 6.79. The lowest BCUT2D eigenvalue weighted by molar-refractivity contribution is -0.141. The Bertz CT molecular complexity index is 427. The predicted molar refractivity (Wildman–Crippen MR) is 78.2 cm³/mol. The molecule has 20 heavy (non-hydrogen) atoms. The smallest absolute Gasteiger partial charge is 0.228 e. The lowest BCUT2D eigenvalue weighted by Gasteiger charge is -2.38. The molecule has 0 aromatic carbocycles. The zero-order valence-electron chi connectivity index (χ0n) is 12.4. The lowest BCUT2D eigenvalue weighted by atomic mass is 9.73. The second-order valence-electron chi connectivity index (χ2n) is 5.78. The van der Waals surface area contributed by atoms with E-state index in [0.29, 0.717) is 0 Å². The van der Waals surface area contributed by atoms with Crippen LogP contribution in [-0.4, -0.2) is 48.0 Å². The molecule has 0 bridgehead atoms. The number of amides is 1. The average molecular weight is 276 g/mol. The molecule has 2 heterocycles. The van der Waals surface area contributed by atoms with E-state index < -0.39 is 0 Å². The van der Waals surface area contributed by atoms with Gasteiger partial charge in [0.15, 0.2) is 0 Å². The number of piperidine rings is 1. The zero-order chi connectivity index (χ0) is 14.4. The summed E-state index contributed by atoms with van der Waals surface area (Å²) in [4.78, 5) is 22.7. The van der Waals surface area contributed by atoms with Gasteiger partial charge in [-0.15, -0.1) is 0 Å². The Morgan fingerprint density at radius 2 is 2.10 bits per heavy atom. The highest BCUT2D eigenvalue weighted by atomic mass is 16.2. The summed E-state index contributed by atoms with van der Waals surface area (Å²) in [5, 5.41) is 3.35. The maximum atomic E-state index is 12.5. The monoisotopic (exact) mass is 276 g/mol. The molecule has 1 N–H and O–H groups in total. The Morgan fingerprint density at radius 3 is 2.70 bits per heavy atom. The van der Waals surface area contributed by atoms with E-state index in [1.807, 2.05) is 20.3 Å². The minimum atomic E-state index is -0.184. The summed E-state index contributed by atoms with van der Waals surface area (Å²) >= 11 is 0. The van der Waals surface area contributed by atoms with Crippen LogP contribution in [0.2, 0.25) is 0 Å². The standard InChI is InChI=1S/C15H24N4O/c1-19(2)14(20)15(6-8-16-9-7-15)5-3-4-13-12-17-10-11-18-13/h10-12,16H,3-9H2,1-2H3. The molecule has 0 unspecified atom stereocenters. The van der Waals surface area contributed by atoms with Crippen LogP contribution < -0.4 is 5.32 Å². The number of aryl methyl sites for hydroxylation is 1. The minimum Gasteiger partial charge on any atom is -0.348 e. The number of carbonyl (C=O) groups is 1. The molecule has 5 nitrogen and oxygen atoms in total. The van der Waals surface area contributed by atoms with Gasteiger partial charge in [0.1, 0.15) is 0 Å². The first-order valence-corrected chi connectivity index (χ1v) is 7.31. The summed E-state index contributed by atoms with van der Waals surface area (Å²) in [6, 6.07) is 0. The third-order valence-corrected chi connectivity index (χ3v) is 4.13. The van der Waals surface area contributed by atoms with Crippen molar-refractivity contribution in [3.8, 4) is 0 Å². The molecule has 1 aliphatic rings. The van der Waals surface area contributed by atoms with Crippen molar-refractivity contribution in [2.24, 2.45) is 5.41 Å². The molecular weight excluding hydrogens is 252 g/mol. The topological polar surface area (TPSA) is 58.1 Å². The van der Waals surface area contributed by atoms with E-state index in [1.165, 1.54) is 0 Å². The van der Waals surface area contributed by atoms with Crippen molar-refractivity contribution in [3.63, 3.8) is 0 Å². The molecule has 1 aromatic heterocycles. The van der Waals surface area contributed by atoms with Crippen LogP contribution in [0.15, 0.2) is 18.6 Å². The summed E-state index contributed by atoms with van der Waals surface area (Å²) in [7, 11) is 3.71. The van der Waals surface area contributed by atoms with Gasteiger partial charge in [0.05, 0.1) is 11.1 Å². The van der Waals surface area contributed by atoms with Crippen LogP contribution >= 0.6 is 0 Å². The summed E-state index contributed by atoms with van der Waals surface area (Å²) in [5.74, 6) is 0.276. The maximum Gasteiger partial charge on any atom is 0.228 e. The van der Waals surface area contributed by atoms with Gasteiger partial charge in [-0.2, -0.15) is 0 Å². The zero-order valence-corrected chi connectivity index (χ0v) is 12.4. The third-order valence-electron chi connectivity index (χ3n) is 4.13. The van der Waals surface area contributed by atoms with E-state index in [9.17, 15) is 4.79 Å². The largest absolute Gasteiger partial charge is 0.348 e. The Balaban J connectivity index is 1.96. The number of nitrogens with zero attached hydrogens (tertiary/aromatic N) is 3. The van der Waals surface area contributed by atoms with Gasteiger partial charge in [-0.3, -0.25) is 14.8 Å². The molecule has 5 heteroatoms. The first-order chi connectivity index (χ1) is 9.64. The quantitative estimate of drug-likeness (QED) is 0.879. The molecule has 1 fully saturated rings. The minimum absolute atomic E-state index is 0.184.